The standard InChI is InChI=1S/C37H84O12Si4/c1-38-50(39-2,40-3)33-25-17-13-21-29-37(30-22-14-18-26-34-51(41-4,42-5)43-6,31-23-15-19-27-35-52(44-7,45-8)46-9)32-24-16-20-28-36-53(47-10,48-11)49-12/h13-36H2,1-12H3. The third kappa shape index (κ3) is 20.6. The molecule has 0 spiro atoms. The van der Waals surface area contributed by atoms with Crippen LogP contribution in [0.25, 0.3) is 0 Å². The molecule has 0 aromatic carbocycles. The molecule has 0 heterocycles. The van der Waals surface area contributed by atoms with Crippen molar-refractivity contribution in [2.45, 2.75) is 153 Å². The normalized spacial score (nSPS) is 13.4. The van der Waals surface area contributed by atoms with Gasteiger partial charge in [-0.3, -0.25) is 0 Å². The molecule has 12 nitrogen and oxygen atoms in total. The lowest BCUT2D eigenvalue weighted by Crippen LogP contribution is -2.42. The third-order valence-corrected chi connectivity index (χ3v) is 22.8. The summed E-state index contributed by atoms with van der Waals surface area (Å²) in [6.07, 6.45) is 23.9. The van der Waals surface area contributed by atoms with E-state index in [0.29, 0.717) is 5.41 Å². The van der Waals surface area contributed by atoms with Gasteiger partial charge in [0.05, 0.1) is 0 Å². The zero-order valence-electron chi connectivity index (χ0n) is 36.4. The van der Waals surface area contributed by atoms with Gasteiger partial charge < -0.3 is 53.1 Å². The molecular formula is C37H84O12Si4. The van der Waals surface area contributed by atoms with E-state index in [4.69, 9.17) is 53.1 Å². The lowest BCUT2D eigenvalue weighted by atomic mass is 9.70. The maximum Gasteiger partial charge on any atom is 0.500 e. The van der Waals surface area contributed by atoms with Gasteiger partial charge in [-0.05, 0) is 56.8 Å². The van der Waals surface area contributed by atoms with Gasteiger partial charge in [-0.15, -0.1) is 0 Å². The second-order valence-electron chi connectivity index (χ2n) is 14.3. The highest BCUT2D eigenvalue weighted by Gasteiger charge is 2.39. The van der Waals surface area contributed by atoms with Crippen molar-refractivity contribution in [3.8, 4) is 0 Å². The second-order valence-corrected chi connectivity index (χ2v) is 26.7. The fourth-order valence-electron chi connectivity index (χ4n) is 7.75. The van der Waals surface area contributed by atoms with E-state index in [-0.39, 0.29) is 0 Å². The van der Waals surface area contributed by atoms with Crippen LogP contribution in [0.3, 0.4) is 0 Å². The largest absolute Gasteiger partial charge is 0.500 e. The molecule has 0 amide bonds. The Labute approximate surface area is 330 Å². The van der Waals surface area contributed by atoms with Crippen molar-refractivity contribution < 1.29 is 53.1 Å². The highest BCUT2D eigenvalue weighted by atomic mass is 28.4. The van der Waals surface area contributed by atoms with Crippen LogP contribution in [0, 0.1) is 5.41 Å². The lowest BCUT2D eigenvalue weighted by molar-refractivity contribution is 0.122. The molecule has 0 aliphatic heterocycles. The molecule has 0 unspecified atom stereocenters. The number of hydrogen-bond donors (Lipinski definition) is 0. The Morgan fingerprint density at radius 1 is 0.226 bits per heavy atom. The van der Waals surface area contributed by atoms with Crippen molar-refractivity contribution >= 4 is 35.2 Å². The first kappa shape index (κ1) is 53.4. The highest BCUT2D eigenvalue weighted by molar-refractivity contribution is 6.61. The van der Waals surface area contributed by atoms with Gasteiger partial charge in [-0.2, -0.15) is 0 Å². The minimum absolute atomic E-state index is 0.350. The maximum atomic E-state index is 5.67. The highest BCUT2D eigenvalue weighted by Crippen LogP contribution is 2.42. The summed E-state index contributed by atoms with van der Waals surface area (Å²) in [5, 5.41) is 0. The molecule has 0 aromatic heterocycles. The number of hydrogen-bond acceptors (Lipinski definition) is 12. The van der Waals surface area contributed by atoms with Crippen molar-refractivity contribution in [1.82, 2.24) is 0 Å². The maximum absolute atomic E-state index is 5.67. The molecule has 0 aromatic rings. The van der Waals surface area contributed by atoms with Crippen molar-refractivity contribution in [1.29, 1.82) is 0 Å². The van der Waals surface area contributed by atoms with Gasteiger partial charge in [0.15, 0.2) is 0 Å². The van der Waals surface area contributed by atoms with Crippen LogP contribution in [-0.4, -0.2) is 121 Å². The van der Waals surface area contributed by atoms with E-state index in [1.165, 1.54) is 103 Å². The van der Waals surface area contributed by atoms with E-state index in [1.54, 1.807) is 85.3 Å². The SMILES string of the molecule is CO[Si](CCCCCCC(CCCCCC[Si](OC)(OC)OC)(CCCCCC[Si](OC)(OC)OC)CCCCCC[Si](OC)(OC)OC)(OC)OC. The van der Waals surface area contributed by atoms with E-state index in [9.17, 15) is 0 Å². The van der Waals surface area contributed by atoms with Crippen LogP contribution >= 0.6 is 0 Å². The van der Waals surface area contributed by atoms with Crippen LogP contribution in [0.5, 0.6) is 0 Å². The fourth-order valence-corrected chi connectivity index (χ4v) is 14.9. The van der Waals surface area contributed by atoms with Gasteiger partial charge in [-0.1, -0.05) is 77.0 Å². The van der Waals surface area contributed by atoms with Gasteiger partial charge >= 0.3 is 35.2 Å². The van der Waals surface area contributed by atoms with Crippen molar-refractivity contribution in [2.24, 2.45) is 5.41 Å². The Hall–Kier alpha value is 0.388. The average molecular weight is 833 g/mol. The van der Waals surface area contributed by atoms with Crippen LogP contribution < -0.4 is 0 Å². The minimum Gasteiger partial charge on any atom is -0.377 e. The van der Waals surface area contributed by atoms with E-state index in [1.807, 2.05) is 0 Å². The fraction of sp³-hybridized carbons (Fsp3) is 1.00. The van der Waals surface area contributed by atoms with Crippen molar-refractivity contribution in [3.63, 3.8) is 0 Å². The Kier molecular flexibility index (Phi) is 31.6. The summed E-state index contributed by atoms with van der Waals surface area (Å²) in [7, 11) is 10.3. The molecule has 0 aliphatic carbocycles. The third-order valence-electron chi connectivity index (χ3n) is 11.5. The predicted octanol–water partition coefficient (Wildman–Crippen LogP) is 9.29. The summed E-state index contributed by atoms with van der Waals surface area (Å²) in [6.45, 7) is 0. The molecule has 0 bridgehead atoms. The van der Waals surface area contributed by atoms with Crippen LogP contribution in [0.2, 0.25) is 24.2 Å². The monoisotopic (exact) mass is 833 g/mol. The zero-order valence-corrected chi connectivity index (χ0v) is 40.4. The smallest absolute Gasteiger partial charge is 0.377 e. The average Bonchev–Trinajstić information content (AvgIpc) is 3.21. The van der Waals surface area contributed by atoms with Crippen LogP contribution in [0.4, 0.5) is 0 Å². The summed E-state index contributed by atoms with van der Waals surface area (Å²) in [5.41, 5.74) is 0.350. The summed E-state index contributed by atoms with van der Waals surface area (Å²) >= 11 is 0. The van der Waals surface area contributed by atoms with Crippen LogP contribution in [-0.2, 0) is 53.1 Å². The Morgan fingerprint density at radius 2 is 0.377 bits per heavy atom. The minimum atomic E-state index is -2.52. The molecule has 0 aliphatic rings. The van der Waals surface area contributed by atoms with Gasteiger partial charge in [-0.25, -0.2) is 0 Å². The van der Waals surface area contributed by atoms with Gasteiger partial charge in [0.2, 0.25) is 0 Å². The van der Waals surface area contributed by atoms with Crippen LogP contribution in [0.1, 0.15) is 128 Å². The lowest BCUT2D eigenvalue weighted by Gasteiger charge is -2.35. The van der Waals surface area contributed by atoms with Gasteiger partial charge in [0, 0.05) is 109 Å². The molecule has 0 atom stereocenters. The number of rotatable bonds is 40. The molecule has 0 radical (unpaired) electrons. The quantitative estimate of drug-likeness (QED) is 0.0434. The molecule has 320 valence electrons. The molecule has 16 heteroatoms. The first-order chi connectivity index (χ1) is 25.6. The summed E-state index contributed by atoms with van der Waals surface area (Å²) in [4.78, 5) is 0. The van der Waals surface area contributed by atoms with Gasteiger partial charge in [0.25, 0.3) is 0 Å². The Morgan fingerprint density at radius 3 is 0.528 bits per heavy atom. The number of unbranched alkanes of at least 4 members (excludes halogenated alkanes) is 12. The Balaban J connectivity index is 5.62. The molecule has 0 rings (SSSR count). The zero-order chi connectivity index (χ0) is 40.0. The van der Waals surface area contributed by atoms with E-state index in [0.717, 1.165) is 49.9 Å². The molecular weight excluding hydrogens is 749 g/mol. The van der Waals surface area contributed by atoms with Crippen LogP contribution in [0.15, 0.2) is 0 Å². The summed E-state index contributed by atoms with van der Waals surface area (Å²) < 4.78 is 68.0. The summed E-state index contributed by atoms with van der Waals surface area (Å²) in [6, 6.07) is 3.44. The molecule has 0 saturated heterocycles. The topological polar surface area (TPSA) is 111 Å². The first-order valence-electron chi connectivity index (χ1n) is 20.2. The summed E-state index contributed by atoms with van der Waals surface area (Å²) in [5.74, 6) is 0. The van der Waals surface area contributed by atoms with Crippen molar-refractivity contribution in [3.05, 3.63) is 0 Å². The van der Waals surface area contributed by atoms with Crippen molar-refractivity contribution in [2.75, 3.05) is 85.3 Å². The molecule has 53 heavy (non-hydrogen) atoms. The first-order valence-corrected chi connectivity index (χ1v) is 27.9. The molecule has 0 N–H and O–H groups in total. The predicted molar refractivity (Wildman–Crippen MR) is 221 cm³/mol. The Bertz CT molecular complexity index is 665. The molecule has 0 fully saturated rings. The molecule has 0 saturated carbocycles. The van der Waals surface area contributed by atoms with Gasteiger partial charge in [0.1, 0.15) is 0 Å². The second kappa shape index (κ2) is 31.4. The van der Waals surface area contributed by atoms with E-state index >= 15 is 0 Å². The van der Waals surface area contributed by atoms with E-state index in [2.05, 4.69) is 0 Å². The van der Waals surface area contributed by atoms with E-state index < -0.39 is 35.2 Å².